The zero-order valence-electron chi connectivity index (χ0n) is 17.0. The van der Waals surface area contributed by atoms with Gasteiger partial charge in [-0.05, 0) is 44.9 Å². The monoisotopic (exact) mass is 372 g/mol. The summed E-state index contributed by atoms with van der Waals surface area (Å²) in [6.45, 7) is 2.15. The van der Waals surface area contributed by atoms with Gasteiger partial charge in [0.05, 0.1) is 0 Å². The molecule has 3 heteroatoms. The van der Waals surface area contributed by atoms with Crippen LogP contribution in [-0.2, 0) is 14.3 Å². The lowest BCUT2D eigenvalue weighted by Gasteiger charge is -2.11. The third-order valence-electron chi connectivity index (χ3n) is 4.44. The summed E-state index contributed by atoms with van der Waals surface area (Å²) in [5.41, 5.74) is 0. The number of ketones is 1. The van der Waals surface area contributed by atoms with Gasteiger partial charge in [-0.15, -0.1) is 0 Å². The van der Waals surface area contributed by atoms with Crippen molar-refractivity contribution in [2.45, 2.75) is 90.4 Å². The Balaban J connectivity index is 1.91. The molecule has 0 aliphatic heterocycles. The standard InChI is InChI=1S/C24H36O3/c1-2-3-4-5-6-7-8-9-10-11-12-13-14-15-16-20-24(26)27-23-19-17-18-22(25)21-23/h3-4,6-7,9-10,21H,2,5,8,11-20H2,1H3/b4-3-,7-6-,10-9-. The summed E-state index contributed by atoms with van der Waals surface area (Å²) in [6, 6.07) is 0. The molecule has 1 aliphatic rings. The summed E-state index contributed by atoms with van der Waals surface area (Å²) >= 11 is 0. The predicted octanol–water partition coefficient (Wildman–Crippen LogP) is 6.76. The van der Waals surface area contributed by atoms with Crippen LogP contribution in [0.2, 0.25) is 0 Å². The molecule has 0 atom stereocenters. The molecule has 0 saturated carbocycles. The van der Waals surface area contributed by atoms with Crippen molar-refractivity contribution in [1.82, 2.24) is 0 Å². The van der Waals surface area contributed by atoms with E-state index in [2.05, 4.69) is 43.4 Å². The van der Waals surface area contributed by atoms with E-state index in [-0.39, 0.29) is 11.8 Å². The van der Waals surface area contributed by atoms with Crippen LogP contribution in [0.4, 0.5) is 0 Å². The Kier molecular flexibility index (Phi) is 14.0. The summed E-state index contributed by atoms with van der Waals surface area (Å²) in [5, 5.41) is 0. The molecule has 150 valence electrons. The van der Waals surface area contributed by atoms with Crippen LogP contribution in [0.5, 0.6) is 0 Å². The highest BCUT2D eigenvalue weighted by atomic mass is 16.5. The number of esters is 1. The van der Waals surface area contributed by atoms with Gasteiger partial charge >= 0.3 is 5.97 Å². The molecule has 0 amide bonds. The average molecular weight is 373 g/mol. The highest BCUT2D eigenvalue weighted by Crippen LogP contribution is 2.17. The molecule has 0 N–H and O–H groups in total. The fourth-order valence-electron chi connectivity index (χ4n) is 2.93. The van der Waals surface area contributed by atoms with Crippen molar-refractivity contribution >= 4 is 11.8 Å². The molecule has 0 fully saturated rings. The molecule has 0 aromatic carbocycles. The van der Waals surface area contributed by atoms with Gasteiger partial charge in [0.2, 0.25) is 0 Å². The fraction of sp³-hybridized carbons (Fsp3) is 0.583. The second-order valence-electron chi connectivity index (χ2n) is 7.00. The molecule has 3 nitrogen and oxygen atoms in total. The van der Waals surface area contributed by atoms with Gasteiger partial charge in [0.15, 0.2) is 5.78 Å². The van der Waals surface area contributed by atoms with Crippen molar-refractivity contribution in [1.29, 1.82) is 0 Å². The maximum Gasteiger partial charge on any atom is 0.310 e. The van der Waals surface area contributed by atoms with Gasteiger partial charge in [-0.25, -0.2) is 0 Å². The second-order valence-corrected chi connectivity index (χ2v) is 7.00. The number of unbranched alkanes of at least 4 members (excludes halogenated alkanes) is 5. The topological polar surface area (TPSA) is 43.4 Å². The maximum absolute atomic E-state index is 11.8. The first-order valence-electron chi connectivity index (χ1n) is 10.6. The van der Waals surface area contributed by atoms with Crippen molar-refractivity contribution in [2.24, 2.45) is 0 Å². The molecule has 0 aromatic rings. The predicted molar refractivity (Wildman–Crippen MR) is 112 cm³/mol. The van der Waals surface area contributed by atoms with Crippen LogP contribution in [0, 0.1) is 0 Å². The van der Waals surface area contributed by atoms with Gasteiger partial charge in [0.1, 0.15) is 5.76 Å². The lowest BCUT2D eigenvalue weighted by molar-refractivity contribution is -0.140. The molecule has 0 spiro atoms. The van der Waals surface area contributed by atoms with Crippen LogP contribution in [-0.4, -0.2) is 11.8 Å². The van der Waals surface area contributed by atoms with E-state index >= 15 is 0 Å². The van der Waals surface area contributed by atoms with Gasteiger partial charge in [0.25, 0.3) is 0 Å². The van der Waals surface area contributed by atoms with E-state index in [1.807, 2.05) is 0 Å². The molecule has 0 saturated heterocycles. The van der Waals surface area contributed by atoms with E-state index < -0.39 is 0 Å². The van der Waals surface area contributed by atoms with Crippen molar-refractivity contribution in [3.05, 3.63) is 48.3 Å². The van der Waals surface area contributed by atoms with Crippen molar-refractivity contribution in [3.8, 4) is 0 Å². The first kappa shape index (κ1) is 23.1. The number of ether oxygens (including phenoxy) is 1. The highest BCUT2D eigenvalue weighted by molar-refractivity contribution is 5.91. The third-order valence-corrected chi connectivity index (χ3v) is 4.44. The summed E-state index contributed by atoms with van der Waals surface area (Å²) in [7, 11) is 0. The molecule has 0 radical (unpaired) electrons. The Hall–Kier alpha value is -1.90. The molecule has 0 aromatic heterocycles. The summed E-state index contributed by atoms with van der Waals surface area (Å²) in [5.74, 6) is 0.422. The quantitative estimate of drug-likeness (QED) is 0.192. The van der Waals surface area contributed by atoms with E-state index in [1.165, 1.54) is 18.9 Å². The maximum atomic E-state index is 11.8. The molecular formula is C24H36O3. The SMILES string of the molecule is CC/C=C\C/C=C\C/C=C\CCCCCCCC(=O)OC1=CC(=O)CCC1. The van der Waals surface area contributed by atoms with Crippen LogP contribution < -0.4 is 0 Å². The molecule has 0 unspecified atom stereocenters. The van der Waals surface area contributed by atoms with Crippen LogP contribution in [0.15, 0.2) is 48.3 Å². The fourth-order valence-corrected chi connectivity index (χ4v) is 2.93. The molecule has 0 heterocycles. The highest BCUT2D eigenvalue weighted by Gasteiger charge is 2.13. The number of carbonyl (C=O) groups is 2. The minimum atomic E-state index is -0.197. The first-order chi connectivity index (χ1) is 13.2. The lowest BCUT2D eigenvalue weighted by atomic mass is 10.1. The molecule has 0 bridgehead atoms. The van der Waals surface area contributed by atoms with Crippen molar-refractivity contribution in [3.63, 3.8) is 0 Å². The second kappa shape index (κ2) is 16.3. The average Bonchev–Trinajstić information content (AvgIpc) is 2.65. The van der Waals surface area contributed by atoms with Crippen LogP contribution >= 0.6 is 0 Å². The molecule has 1 rings (SSSR count). The van der Waals surface area contributed by atoms with Gasteiger partial charge in [0, 0.05) is 25.3 Å². The Morgan fingerprint density at radius 1 is 0.926 bits per heavy atom. The Bertz CT molecular complexity index is 538. The third kappa shape index (κ3) is 13.9. The van der Waals surface area contributed by atoms with Crippen molar-refractivity contribution < 1.29 is 14.3 Å². The number of allylic oxidation sites excluding steroid dienone is 8. The summed E-state index contributed by atoms with van der Waals surface area (Å²) < 4.78 is 5.26. The Morgan fingerprint density at radius 2 is 1.59 bits per heavy atom. The largest absolute Gasteiger partial charge is 0.431 e. The molecular weight excluding hydrogens is 336 g/mol. The zero-order chi connectivity index (χ0) is 19.6. The Morgan fingerprint density at radius 3 is 2.33 bits per heavy atom. The van der Waals surface area contributed by atoms with Crippen LogP contribution in [0.3, 0.4) is 0 Å². The normalized spacial score (nSPS) is 15.1. The number of rotatable bonds is 14. The number of hydrogen-bond donors (Lipinski definition) is 0. The smallest absolute Gasteiger partial charge is 0.310 e. The lowest BCUT2D eigenvalue weighted by Crippen LogP contribution is -2.10. The Labute approximate surface area is 165 Å². The van der Waals surface area contributed by atoms with Crippen molar-refractivity contribution in [2.75, 3.05) is 0 Å². The van der Waals surface area contributed by atoms with E-state index in [0.717, 1.165) is 51.4 Å². The van der Waals surface area contributed by atoms with E-state index in [9.17, 15) is 9.59 Å². The number of hydrogen-bond acceptors (Lipinski definition) is 3. The van der Waals surface area contributed by atoms with E-state index in [4.69, 9.17) is 4.74 Å². The zero-order valence-corrected chi connectivity index (χ0v) is 17.0. The van der Waals surface area contributed by atoms with Gasteiger partial charge in [-0.3, -0.25) is 9.59 Å². The number of carbonyl (C=O) groups excluding carboxylic acids is 2. The minimum Gasteiger partial charge on any atom is -0.431 e. The summed E-state index contributed by atoms with van der Waals surface area (Å²) in [6.07, 6.45) is 27.1. The van der Waals surface area contributed by atoms with E-state index in [1.54, 1.807) is 0 Å². The molecule has 27 heavy (non-hydrogen) atoms. The van der Waals surface area contributed by atoms with Crippen LogP contribution in [0.25, 0.3) is 0 Å². The van der Waals surface area contributed by atoms with Gasteiger partial charge < -0.3 is 4.74 Å². The summed E-state index contributed by atoms with van der Waals surface area (Å²) in [4.78, 5) is 23.0. The van der Waals surface area contributed by atoms with Gasteiger partial charge in [-0.2, -0.15) is 0 Å². The first-order valence-corrected chi connectivity index (χ1v) is 10.6. The van der Waals surface area contributed by atoms with E-state index in [0.29, 0.717) is 25.0 Å². The van der Waals surface area contributed by atoms with Gasteiger partial charge in [-0.1, -0.05) is 62.6 Å². The van der Waals surface area contributed by atoms with Crippen LogP contribution in [0.1, 0.15) is 90.4 Å². The molecule has 1 aliphatic carbocycles. The minimum absolute atomic E-state index is 0.0678.